The second kappa shape index (κ2) is 13.0. The first-order chi connectivity index (χ1) is 19.9. The summed E-state index contributed by atoms with van der Waals surface area (Å²) in [6, 6.07) is 19.3. The van der Waals surface area contributed by atoms with E-state index in [0.29, 0.717) is 33.6 Å². The molecular weight excluding hydrogens is 629 g/mol. The van der Waals surface area contributed by atoms with Gasteiger partial charge in [-0.15, -0.1) is 10.2 Å². The first kappa shape index (κ1) is 29.0. The molecular formula is C30H25BrFN3O4S2. The van der Waals surface area contributed by atoms with Crippen LogP contribution in [0.4, 0.5) is 9.52 Å². The number of hydrogen-bond acceptors (Lipinski definition) is 8. The Kier molecular flexibility index (Phi) is 9.16. The fraction of sp³-hybridized carbons (Fsp3) is 0.200. The number of unbranched alkanes of at least 4 members (excludes halogenated alkanes) is 1. The summed E-state index contributed by atoms with van der Waals surface area (Å²) in [5.74, 6) is -1.03. The molecule has 1 atom stereocenters. The van der Waals surface area contributed by atoms with Crippen molar-refractivity contribution < 1.29 is 23.8 Å². The molecule has 1 amide bonds. The van der Waals surface area contributed by atoms with Gasteiger partial charge in [0, 0.05) is 15.8 Å². The van der Waals surface area contributed by atoms with Crippen LogP contribution in [-0.4, -0.2) is 33.6 Å². The highest BCUT2D eigenvalue weighted by Crippen LogP contribution is 2.44. The van der Waals surface area contributed by atoms with Crippen molar-refractivity contribution in [2.75, 3.05) is 11.5 Å². The maximum absolute atomic E-state index is 13.4. The third-order valence-electron chi connectivity index (χ3n) is 6.38. The lowest BCUT2D eigenvalue weighted by molar-refractivity contribution is -0.132. The maximum Gasteiger partial charge on any atom is 0.301 e. The number of nitrogens with zero attached hydrogens (tertiary/aromatic N) is 3. The highest BCUT2D eigenvalue weighted by atomic mass is 79.9. The highest BCUT2D eigenvalue weighted by molar-refractivity contribution is 9.10. The summed E-state index contributed by atoms with van der Waals surface area (Å²) in [5, 5.41) is 20.1. The second-order valence-electron chi connectivity index (χ2n) is 9.22. The zero-order valence-corrected chi connectivity index (χ0v) is 25.1. The van der Waals surface area contributed by atoms with Crippen LogP contribution >= 0.6 is 39.0 Å². The van der Waals surface area contributed by atoms with E-state index >= 15 is 0 Å². The van der Waals surface area contributed by atoms with E-state index in [1.54, 1.807) is 54.6 Å². The Morgan fingerprint density at radius 3 is 2.56 bits per heavy atom. The average Bonchev–Trinajstić information content (AvgIpc) is 3.55. The Bertz CT molecular complexity index is 1590. The molecule has 1 aliphatic heterocycles. The van der Waals surface area contributed by atoms with Crippen molar-refractivity contribution >= 4 is 61.6 Å². The summed E-state index contributed by atoms with van der Waals surface area (Å²) in [4.78, 5) is 28.2. The number of ketones is 1. The van der Waals surface area contributed by atoms with Gasteiger partial charge in [0.15, 0.2) is 4.34 Å². The van der Waals surface area contributed by atoms with Crippen molar-refractivity contribution in [3.63, 3.8) is 0 Å². The van der Waals surface area contributed by atoms with E-state index in [0.717, 1.165) is 22.9 Å². The number of carbonyl (C=O) groups excluding carboxylic acids is 2. The van der Waals surface area contributed by atoms with E-state index in [2.05, 4.69) is 33.1 Å². The summed E-state index contributed by atoms with van der Waals surface area (Å²) in [6.45, 7) is 2.67. The molecule has 41 heavy (non-hydrogen) atoms. The van der Waals surface area contributed by atoms with Gasteiger partial charge in [0.1, 0.15) is 17.3 Å². The molecule has 3 aromatic carbocycles. The molecule has 1 aliphatic rings. The molecule has 0 bridgehead atoms. The molecule has 7 nitrogen and oxygen atoms in total. The number of amides is 1. The van der Waals surface area contributed by atoms with Gasteiger partial charge in [-0.2, -0.15) is 0 Å². The van der Waals surface area contributed by atoms with E-state index in [-0.39, 0.29) is 22.3 Å². The number of aromatic nitrogens is 2. The number of carbonyl (C=O) groups is 2. The number of ether oxygens (including phenoxy) is 1. The Morgan fingerprint density at radius 2 is 1.85 bits per heavy atom. The lowest BCUT2D eigenvalue weighted by Crippen LogP contribution is -2.29. The Labute approximate surface area is 253 Å². The van der Waals surface area contributed by atoms with Crippen LogP contribution in [0.2, 0.25) is 0 Å². The highest BCUT2D eigenvalue weighted by Gasteiger charge is 2.48. The number of anilines is 1. The van der Waals surface area contributed by atoms with Gasteiger partial charge in [-0.3, -0.25) is 14.5 Å². The number of benzene rings is 3. The maximum atomic E-state index is 13.4. The quantitative estimate of drug-likeness (QED) is 0.0472. The molecule has 0 aliphatic carbocycles. The van der Waals surface area contributed by atoms with Gasteiger partial charge in [-0.25, -0.2) is 4.39 Å². The monoisotopic (exact) mass is 653 g/mol. The van der Waals surface area contributed by atoms with E-state index in [1.165, 1.54) is 40.1 Å². The first-order valence-electron chi connectivity index (χ1n) is 12.9. The third-order valence-corrected chi connectivity index (χ3v) is 9.00. The number of aliphatic hydroxyl groups excluding tert-OH is 1. The topological polar surface area (TPSA) is 92.6 Å². The van der Waals surface area contributed by atoms with Gasteiger partial charge in [0.25, 0.3) is 5.78 Å². The predicted octanol–water partition coefficient (Wildman–Crippen LogP) is 7.54. The van der Waals surface area contributed by atoms with Crippen LogP contribution in [0.5, 0.6) is 5.75 Å². The molecule has 1 aromatic heterocycles. The predicted molar refractivity (Wildman–Crippen MR) is 162 cm³/mol. The number of halogens is 2. The molecule has 1 fully saturated rings. The smallest absolute Gasteiger partial charge is 0.301 e. The van der Waals surface area contributed by atoms with Crippen LogP contribution in [-0.2, 0) is 15.3 Å². The van der Waals surface area contributed by atoms with Gasteiger partial charge < -0.3 is 9.84 Å². The van der Waals surface area contributed by atoms with Crippen LogP contribution < -0.4 is 9.64 Å². The zero-order valence-electron chi connectivity index (χ0n) is 21.9. The van der Waals surface area contributed by atoms with Gasteiger partial charge >= 0.3 is 5.91 Å². The van der Waals surface area contributed by atoms with Crippen LogP contribution in [0.1, 0.15) is 42.5 Å². The third kappa shape index (κ3) is 6.52. The molecule has 0 radical (unpaired) electrons. The number of rotatable bonds is 10. The largest absolute Gasteiger partial charge is 0.507 e. The van der Waals surface area contributed by atoms with E-state index < -0.39 is 17.7 Å². The summed E-state index contributed by atoms with van der Waals surface area (Å²) >= 11 is 6.03. The summed E-state index contributed by atoms with van der Waals surface area (Å²) in [7, 11) is 0. The lowest BCUT2D eigenvalue weighted by atomic mass is 9.95. The number of hydrogen-bond donors (Lipinski definition) is 1. The lowest BCUT2D eigenvalue weighted by Gasteiger charge is -2.22. The normalized spacial score (nSPS) is 16.4. The van der Waals surface area contributed by atoms with Crippen molar-refractivity contribution in [1.82, 2.24) is 10.2 Å². The molecule has 5 rings (SSSR count). The van der Waals surface area contributed by atoms with Crippen LogP contribution in [0.15, 0.2) is 87.2 Å². The molecule has 4 aromatic rings. The molecule has 2 heterocycles. The number of aliphatic hydroxyl groups is 1. The standard InChI is InChI=1S/C30H25BrFN3O4S2/c1-2-3-15-39-23-13-9-19(10-14-23)26(36)24-25(20-5-4-6-21(31)16-20)35(28(38)27(24)37)29-33-34-30(41-29)40-17-18-7-11-22(32)12-8-18/h4-14,16,25,36H,2-3,15,17H2,1H3/b26-24-. The number of thioether (sulfide) groups is 1. The molecule has 1 N–H and O–H groups in total. The minimum absolute atomic E-state index is 0.0385. The van der Waals surface area contributed by atoms with Gasteiger partial charge in [-0.1, -0.05) is 76.6 Å². The van der Waals surface area contributed by atoms with E-state index in [9.17, 15) is 19.1 Å². The molecule has 210 valence electrons. The van der Waals surface area contributed by atoms with Crippen molar-refractivity contribution in [2.45, 2.75) is 35.9 Å². The van der Waals surface area contributed by atoms with Crippen molar-refractivity contribution in [3.8, 4) is 5.75 Å². The van der Waals surface area contributed by atoms with Crippen molar-refractivity contribution in [2.24, 2.45) is 0 Å². The molecule has 1 saturated heterocycles. The van der Waals surface area contributed by atoms with Crippen LogP contribution in [0, 0.1) is 5.82 Å². The van der Waals surface area contributed by atoms with Crippen molar-refractivity contribution in [1.29, 1.82) is 0 Å². The van der Waals surface area contributed by atoms with Crippen LogP contribution in [0.3, 0.4) is 0 Å². The van der Waals surface area contributed by atoms with Gasteiger partial charge in [-0.05, 0) is 66.1 Å². The molecule has 11 heteroatoms. The Balaban J connectivity index is 1.48. The average molecular weight is 655 g/mol. The second-order valence-corrected chi connectivity index (χ2v) is 12.3. The molecule has 0 saturated carbocycles. The zero-order chi connectivity index (χ0) is 28.9. The Morgan fingerprint density at radius 1 is 1.10 bits per heavy atom. The van der Waals surface area contributed by atoms with Crippen LogP contribution in [0.25, 0.3) is 5.76 Å². The van der Waals surface area contributed by atoms with Gasteiger partial charge in [0.05, 0.1) is 18.2 Å². The minimum Gasteiger partial charge on any atom is -0.507 e. The van der Waals surface area contributed by atoms with Crippen molar-refractivity contribution in [3.05, 3.63) is 105 Å². The summed E-state index contributed by atoms with van der Waals surface area (Å²) in [5.41, 5.74) is 1.88. The fourth-order valence-corrected chi connectivity index (χ4v) is 6.55. The fourth-order valence-electron chi connectivity index (χ4n) is 4.30. The minimum atomic E-state index is -0.920. The number of Topliss-reactive ketones (excluding diaryl/α,β-unsaturated/α-hetero) is 1. The van der Waals surface area contributed by atoms with E-state index in [1.807, 2.05) is 6.07 Å². The molecule has 0 spiro atoms. The molecule has 1 unspecified atom stereocenters. The SMILES string of the molecule is CCCCOc1ccc(/C(O)=C2/C(=O)C(=O)N(c3nnc(SCc4ccc(F)cc4)s3)C2c2cccc(Br)c2)cc1. The Hall–Kier alpha value is -3.54. The van der Waals surface area contributed by atoms with Gasteiger partial charge in [0.2, 0.25) is 5.13 Å². The summed E-state index contributed by atoms with van der Waals surface area (Å²) in [6.07, 6.45) is 1.94. The van der Waals surface area contributed by atoms with E-state index in [4.69, 9.17) is 4.74 Å². The first-order valence-corrected chi connectivity index (χ1v) is 15.5. The summed E-state index contributed by atoms with van der Waals surface area (Å²) < 4.78 is 20.3.